The summed E-state index contributed by atoms with van der Waals surface area (Å²) in [5.74, 6) is 0.566. The number of nitrogens with one attached hydrogen (secondary N) is 1. The Labute approximate surface area is 139 Å². The molecule has 2 aromatic rings. The van der Waals surface area contributed by atoms with Crippen LogP contribution in [0.15, 0.2) is 35.4 Å². The minimum Gasteiger partial charge on any atom is -0.326 e. The van der Waals surface area contributed by atoms with Gasteiger partial charge < -0.3 is 4.90 Å². The first-order valence-corrected chi connectivity index (χ1v) is 8.77. The van der Waals surface area contributed by atoms with Gasteiger partial charge in [0.1, 0.15) is 12.0 Å². The number of benzene rings is 1. The van der Waals surface area contributed by atoms with E-state index in [1.54, 1.807) is 31.2 Å². The second kappa shape index (κ2) is 5.84. The number of anilines is 2. The Kier molecular flexibility index (Phi) is 3.98. The van der Waals surface area contributed by atoms with Crippen molar-refractivity contribution in [2.45, 2.75) is 18.2 Å². The molecule has 2 heterocycles. The third-order valence-corrected chi connectivity index (χ3v) is 5.49. The Hall–Kier alpha value is -2.52. The van der Waals surface area contributed by atoms with E-state index in [0.717, 1.165) is 17.7 Å². The van der Waals surface area contributed by atoms with Crippen LogP contribution >= 0.6 is 0 Å². The maximum Gasteiger partial charge on any atom is 0.290 e. The summed E-state index contributed by atoms with van der Waals surface area (Å²) in [4.78, 5) is 16.7. The van der Waals surface area contributed by atoms with Gasteiger partial charge in [0.15, 0.2) is 0 Å². The van der Waals surface area contributed by atoms with E-state index in [4.69, 9.17) is 0 Å². The highest BCUT2D eigenvalue weighted by atomic mass is 32.2. The molecule has 1 aromatic heterocycles. The third-order valence-electron chi connectivity index (χ3n) is 4.07. The fourth-order valence-corrected chi connectivity index (χ4v) is 3.50. The van der Waals surface area contributed by atoms with E-state index in [1.165, 1.54) is 13.2 Å². The summed E-state index contributed by atoms with van der Waals surface area (Å²) < 4.78 is 26.3. The van der Waals surface area contributed by atoms with E-state index in [1.807, 2.05) is 4.90 Å². The van der Waals surface area contributed by atoms with E-state index < -0.39 is 14.9 Å². The zero-order chi connectivity index (χ0) is 17.5. The molecule has 1 aliphatic rings. The molecule has 24 heavy (non-hydrogen) atoms. The smallest absolute Gasteiger partial charge is 0.290 e. The van der Waals surface area contributed by atoms with Crippen molar-refractivity contribution in [1.82, 2.24) is 9.71 Å². The molecule has 8 nitrogen and oxygen atoms in total. The SMILES string of the molecule is CNS(=O)(=O)c1ccc2c(c1)N(c1cc(C)c([N+](=O)[O-])cn1)CC2. The zero-order valence-electron chi connectivity index (χ0n) is 13.2. The van der Waals surface area contributed by atoms with Gasteiger partial charge in [-0.1, -0.05) is 6.07 Å². The molecule has 1 aliphatic heterocycles. The molecule has 126 valence electrons. The summed E-state index contributed by atoms with van der Waals surface area (Å²) in [6.07, 6.45) is 1.99. The highest BCUT2D eigenvalue weighted by molar-refractivity contribution is 7.89. The van der Waals surface area contributed by atoms with Gasteiger partial charge in [-0.25, -0.2) is 18.1 Å². The van der Waals surface area contributed by atoms with Crippen molar-refractivity contribution in [2.75, 3.05) is 18.5 Å². The summed E-state index contributed by atoms with van der Waals surface area (Å²) in [6, 6.07) is 6.61. The molecule has 0 spiro atoms. The lowest BCUT2D eigenvalue weighted by molar-refractivity contribution is -0.385. The number of aromatic nitrogens is 1. The second-order valence-electron chi connectivity index (χ2n) is 5.49. The van der Waals surface area contributed by atoms with Gasteiger partial charge in [-0.3, -0.25) is 10.1 Å². The number of nitro groups is 1. The summed E-state index contributed by atoms with van der Waals surface area (Å²) >= 11 is 0. The van der Waals surface area contributed by atoms with Crippen molar-refractivity contribution in [2.24, 2.45) is 0 Å². The molecule has 0 unspecified atom stereocenters. The topological polar surface area (TPSA) is 105 Å². The van der Waals surface area contributed by atoms with Crippen LogP contribution in [0.2, 0.25) is 0 Å². The number of nitrogens with zero attached hydrogens (tertiary/aromatic N) is 3. The number of hydrogen-bond donors (Lipinski definition) is 1. The number of pyridine rings is 1. The lowest BCUT2D eigenvalue weighted by Gasteiger charge is -2.19. The Bertz CT molecular complexity index is 927. The van der Waals surface area contributed by atoms with Crippen molar-refractivity contribution >= 4 is 27.2 Å². The summed E-state index contributed by atoms with van der Waals surface area (Å²) in [5, 5.41) is 10.9. The largest absolute Gasteiger partial charge is 0.326 e. The maximum atomic E-state index is 12.0. The number of aryl methyl sites for hydroxylation is 1. The average Bonchev–Trinajstić information content (AvgIpc) is 2.97. The molecule has 0 amide bonds. The number of sulfonamides is 1. The molecule has 0 fully saturated rings. The number of hydrogen-bond acceptors (Lipinski definition) is 6. The van der Waals surface area contributed by atoms with Gasteiger partial charge in [-0.15, -0.1) is 0 Å². The van der Waals surface area contributed by atoms with Crippen LogP contribution in [0, 0.1) is 17.0 Å². The molecule has 3 rings (SSSR count). The van der Waals surface area contributed by atoms with Crippen molar-refractivity contribution in [3.05, 3.63) is 51.7 Å². The molecule has 0 aliphatic carbocycles. The lowest BCUT2D eigenvalue weighted by Crippen LogP contribution is -2.19. The van der Waals surface area contributed by atoms with Crippen LogP contribution in [-0.4, -0.2) is 31.9 Å². The molecule has 0 saturated carbocycles. The van der Waals surface area contributed by atoms with E-state index in [0.29, 0.717) is 17.9 Å². The van der Waals surface area contributed by atoms with Crippen LogP contribution < -0.4 is 9.62 Å². The van der Waals surface area contributed by atoms with Gasteiger partial charge in [-0.05, 0) is 44.2 Å². The number of rotatable bonds is 4. The fourth-order valence-electron chi connectivity index (χ4n) is 2.75. The quantitative estimate of drug-likeness (QED) is 0.668. The Balaban J connectivity index is 2.04. The van der Waals surface area contributed by atoms with Crippen molar-refractivity contribution in [1.29, 1.82) is 0 Å². The number of fused-ring (bicyclic) bond motifs is 1. The van der Waals surface area contributed by atoms with Crippen LogP contribution in [0.3, 0.4) is 0 Å². The minimum absolute atomic E-state index is 0.0373. The van der Waals surface area contributed by atoms with Crippen molar-refractivity contribution in [3.63, 3.8) is 0 Å². The average molecular weight is 348 g/mol. The van der Waals surface area contributed by atoms with Crippen LogP contribution in [-0.2, 0) is 16.4 Å². The van der Waals surface area contributed by atoms with Crippen LogP contribution in [0.1, 0.15) is 11.1 Å². The van der Waals surface area contributed by atoms with Gasteiger partial charge in [0, 0.05) is 17.8 Å². The van der Waals surface area contributed by atoms with E-state index >= 15 is 0 Å². The Morgan fingerprint density at radius 1 is 1.33 bits per heavy atom. The summed E-state index contributed by atoms with van der Waals surface area (Å²) in [5.41, 5.74) is 2.25. The van der Waals surface area contributed by atoms with E-state index in [9.17, 15) is 18.5 Å². The Morgan fingerprint density at radius 3 is 2.71 bits per heavy atom. The molecule has 0 bridgehead atoms. The standard InChI is InChI=1S/C15H16N4O4S/c1-10-7-15(17-9-14(10)19(20)21)18-6-5-11-3-4-12(8-13(11)18)24(22,23)16-2/h3-4,7-9,16H,5-6H2,1-2H3. The second-order valence-corrected chi connectivity index (χ2v) is 7.37. The summed E-state index contributed by atoms with van der Waals surface area (Å²) in [6.45, 7) is 2.30. The molecule has 0 radical (unpaired) electrons. The molecule has 9 heteroatoms. The summed E-state index contributed by atoms with van der Waals surface area (Å²) in [7, 11) is -2.18. The monoisotopic (exact) mass is 348 g/mol. The Morgan fingerprint density at radius 2 is 2.08 bits per heavy atom. The molecule has 1 aromatic carbocycles. The molecular formula is C15H16N4O4S. The van der Waals surface area contributed by atoms with Gasteiger partial charge in [-0.2, -0.15) is 0 Å². The first-order valence-electron chi connectivity index (χ1n) is 7.28. The van der Waals surface area contributed by atoms with Crippen LogP contribution in [0.5, 0.6) is 0 Å². The van der Waals surface area contributed by atoms with Gasteiger partial charge in [0.05, 0.1) is 9.82 Å². The third kappa shape index (κ3) is 2.72. The highest BCUT2D eigenvalue weighted by Gasteiger charge is 2.25. The van der Waals surface area contributed by atoms with E-state index in [-0.39, 0.29) is 10.6 Å². The van der Waals surface area contributed by atoms with Gasteiger partial charge in [0.2, 0.25) is 10.0 Å². The van der Waals surface area contributed by atoms with Crippen LogP contribution in [0.4, 0.5) is 17.2 Å². The molecule has 0 atom stereocenters. The zero-order valence-corrected chi connectivity index (χ0v) is 14.0. The van der Waals surface area contributed by atoms with Crippen molar-refractivity contribution in [3.8, 4) is 0 Å². The van der Waals surface area contributed by atoms with E-state index in [2.05, 4.69) is 9.71 Å². The van der Waals surface area contributed by atoms with Gasteiger partial charge in [0.25, 0.3) is 5.69 Å². The first-order chi connectivity index (χ1) is 11.3. The predicted octanol–water partition coefficient (Wildman–Crippen LogP) is 1.90. The predicted molar refractivity (Wildman–Crippen MR) is 89.0 cm³/mol. The van der Waals surface area contributed by atoms with Crippen LogP contribution in [0.25, 0.3) is 0 Å². The molecule has 0 saturated heterocycles. The van der Waals surface area contributed by atoms with Gasteiger partial charge >= 0.3 is 0 Å². The maximum absolute atomic E-state index is 12.0. The minimum atomic E-state index is -3.54. The lowest BCUT2D eigenvalue weighted by atomic mass is 10.2. The fraction of sp³-hybridized carbons (Fsp3) is 0.267. The molecular weight excluding hydrogens is 332 g/mol. The highest BCUT2D eigenvalue weighted by Crippen LogP contribution is 2.36. The van der Waals surface area contributed by atoms with Crippen molar-refractivity contribution < 1.29 is 13.3 Å². The normalized spacial score (nSPS) is 13.8. The molecule has 1 N–H and O–H groups in total. The first kappa shape index (κ1) is 16.3.